The molecule has 1 N–H and O–H groups in total. The fourth-order valence-electron chi connectivity index (χ4n) is 2.45. The van der Waals surface area contributed by atoms with E-state index in [4.69, 9.17) is 0 Å². The van der Waals surface area contributed by atoms with Gasteiger partial charge in [-0.3, -0.25) is 0 Å². The standard InChI is InChI=1S/C18H23N/c1-13-7-5-9-17(11-13)15(3)19-16(4)18-10-6-8-14(2)12-18/h5-12,15-16,19H,1-4H3/t15-,16?/m0/s1. The van der Waals surface area contributed by atoms with Crippen LogP contribution in [0.25, 0.3) is 0 Å². The summed E-state index contributed by atoms with van der Waals surface area (Å²) < 4.78 is 0. The van der Waals surface area contributed by atoms with E-state index in [2.05, 4.69) is 81.5 Å². The van der Waals surface area contributed by atoms with Gasteiger partial charge >= 0.3 is 0 Å². The van der Waals surface area contributed by atoms with Crippen LogP contribution in [0.5, 0.6) is 0 Å². The Hall–Kier alpha value is -1.60. The molecule has 19 heavy (non-hydrogen) atoms. The smallest absolute Gasteiger partial charge is 0.0297 e. The molecule has 0 heterocycles. The average molecular weight is 253 g/mol. The van der Waals surface area contributed by atoms with Crippen molar-refractivity contribution in [3.05, 3.63) is 70.8 Å². The van der Waals surface area contributed by atoms with Crippen molar-refractivity contribution in [3.63, 3.8) is 0 Å². The number of hydrogen-bond acceptors (Lipinski definition) is 1. The Bertz CT molecular complexity index is 495. The third kappa shape index (κ3) is 3.68. The zero-order chi connectivity index (χ0) is 13.8. The Kier molecular flexibility index (Phi) is 4.39. The predicted octanol–water partition coefficient (Wildman–Crippen LogP) is 4.72. The molecule has 100 valence electrons. The highest BCUT2D eigenvalue weighted by Crippen LogP contribution is 2.20. The second kappa shape index (κ2) is 6.03. The normalized spacial score (nSPS) is 14.1. The molecule has 2 atom stereocenters. The summed E-state index contributed by atoms with van der Waals surface area (Å²) in [4.78, 5) is 0. The summed E-state index contributed by atoms with van der Waals surface area (Å²) in [6, 6.07) is 18.1. The van der Waals surface area contributed by atoms with Crippen LogP contribution in [-0.2, 0) is 0 Å². The molecule has 0 aliphatic rings. The number of nitrogens with one attached hydrogen (secondary N) is 1. The van der Waals surface area contributed by atoms with E-state index in [0.29, 0.717) is 12.1 Å². The molecular formula is C18H23N. The molecule has 0 aliphatic heterocycles. The minimum absolute atomic E-state index is 0.357. The first-order valence-electron chi connectivity index (χ1n) is 6.95. The molecule has 0 bridgehead atoms. The highest BCUT2D eigenvalue weighted by atomic mass is 14.9. The van der Waals surface area contributed by atoms with Gasteiger partial charge in [0.25, 0.3) is 0 Å². The van der Waals surface area contributed by atoms with E-state index in [0.717, 1.165) is 0 Å². The van der Waals surface area contributed by atoms with Gasteiger partial charge in [0.15, 0.2) is 0 Å². The molecule has 2 rings (SSSR count). The summed E-state index contributed by atoms with van der Waals surface area (Å²) in [7, 11) is 0. The van der Waals surface area contributed by atoms with Gasteiger partial charge in [-0.25, -0.2) is 0 Å². The van der Waals surface area contributed by atoms with Gasteiger partial charge in [-0.1, -0.05) is 59.7 Å². The van der Waals surface area contributed by atoms with Crippen molar-refractivity contribution < 1.29 is 0 Å². The van der Waals surface area contributed by atoms with Crippen LogP contribution in [0.1, 0.15) is 48.2 Å². The SMILES string of the molecule is Cc1cccc(C(C)N[C@@H](C)c2cccc(C)c2)c1. The molecule has 1 nitrogen and oxygen atoms in total. The molecular weight excluding hydrogens is 230 g/mol. The van der Waals surface area contributed by atoms with Crippen LogP contribution in [0, 0.1) is 13.8 Å². The number of benzene rings is 2. The largest absolute Gasteiger partial charge is 0.304 e. The van der Waals surface area contributed by atoms with Crippen LogP contribution >= 0.6 is 0 Å². The predicted molar refractivity (Wildman–Crippen MR) is 82.3 cm³/mol. The van der Waals surface area contributed by atoms with Crippen LogP contribution in [-0.4, -0.2) is 0 Å². The number of rotatable bonds is 4. The maximum Gasteiger partial charge on any atom is 0.0297 e. The van der Waals surface area contributed by atoms with Crippen LogP contribution in [0.15, 0.2) is 48.5 Å². The van der Waals surface area contributed by atoms with Crippen LogP contribution in [0.2, 0.25) is 0 Å². The highest BCUT2D eigenvalue weighted by Gasteiger charge is 2.11. The van der Waals surface area contributed by atoms with E-state index in [-0.39, 0.29) is 0 Å². The lowest BCUT2D eigenvalue weighted by molar-refractivity contribution is 0.494. The molecule has 0 amide bonds. The summed E-state index contributed by atoms with van der Waals surface area (Å²) in [6.07, 6.45) is 0. The molecule has 1 unspecified atom stereocenters. The van der Waals surface area contributed by atoms with Crippen molar-refractivity contribution in [1.29, 1.82) is 0 Å². The molecule has 0 aliphatic carbocycles. The summed E-state index contributed by atoms with van der Waals surface area (Å²) in [5.74, 6) is 0. The van der Waals surface area contributed by atoms with E-state index in [1.54, 1.807) is 0 Å². The first-order valence-corrected chi connectivity index (χ1v) is 6.95. The van der Waals surface area contributed by atoms with Gasteiger partial charge in [0, 0.05) is 12.1 Å². The molecule has 0 saturated heterocycles. The maximum atomic E-state index is 3.67. The molecule has 0 aromatic heterocycles. The van der Waals surface area contributed by atoms with Crippen LogP contribution in [0.3, 0.4) is 0 Å². The van der Waals surface area contributed by atoms with Crippen molar-refractivity contribution in [2.45, 2.75) is 39.8 Å². The van der Waals surface area contributed by atoms with E-state index >= 15 is 0 Å². The zero-order valence-electron chi connectivity index (χ0n) is 12.3. The molecule has 2 aromatic carbocycles. The summed E-state index contributed by atoms with van der Waals surface area (Å²) in [5.41, 5.74) is 5.32. The van der Waals surface area contributed by atoms with E-state index < -0.39 is 0 Å². The quantitative estimate of drug-likeness (QED) is 0.831. The molecule has 2 aromatic rings. The molecule has 0 spiro atoms. The highest BCUT2D eigenvalue weighted by molar-refractivity contribution is 5.27. The van der Waals surface area contributed by atoms with Crippen molar-refractivity contribution in [2.75, 3.05) is 0 Å². The second-order valence-electron chi connectivity index (χ2n) is 5.44. The molecule has 0 saturated carbocycles. The van der Waals surface area contributed by atoms with Gasteiger partial charge in [-0.15, -0.1) is 0 Å². The van der Waals surface area contributed by atoms with Crippen molar-refractivity contribution in [2.24, 2.45) is 0 Å². The Balaban J connectivity index is 2.08. The lowest BCUT2D eigenvalue weighted by atomic mass is 10.0. The Morgan fingerprint density at radius 3 is 1.53 bits per heavy atom. The fraction of sp³-hybridized carbons (Fsp3) is 0.333. The monoisotopic (exact) mass is 253 g/mol. The van der Waals surface area contributed by atoms with Crippen LogP contribution < -0.4 is 5.32 Å². The molecule has 0 radical (unpaired) electrons. The van der Waals surface area contributed by atoms with Gasteiger partial charge in [0.1, 0.15) is 0 Å². The second-order valence-corrected chi connectivity index (χ2v) is 5.44. The van der Waals surface area contributed by atoms with Crippen molar-refractivity contribution in [3.8, 4) is 0 Å². The first-order chi connectivity index (χ1) is 9.06. The van der Waals surface area contributed by atoms with Crippen LogP contribution in [0.4, 0.5) is 0 Å². The first kappa shape index (κ1) is 13.8. The molecule has 0 fully saturated rings. The van der Waals surface area contributed by atoms with Gasteiger partial charge in [0.05, 0.1) is 0 Å². The number of hydrogen-bond donors (Lipinski definition) is 1. The summed E-state index contributed by atoms with van der Waals surface area (Å²) in [6.45, 7) is 8.72. The summed E-state index contributed by atoms with van der Waals surface area (Å²) in [5, 5.41) is 3.67. The lowest BCUT2D eigenvalue weighted by Gasteiger charge is -2.21. The van der Waals surface area contributed by atoms with Gasteiger partial charge in [-0.05, 0) is 38.8 Å². The van der Waals surface area contributed by atoms with Gasteiger partial charge < -0.3 is 5.32 Å². The Morgan fingerprint density at radius 1 is 0.737 bits per heavy atom. The molecule has 1 heteroatoms. The van der Waals surface area contributed by atoms with Gasteiger partial charge in [0.2, 0.25) is 0 Å². The minimum atomic E-state index is 0.357. The zero-order valence-corrected chi connectivity index (χ0v) is 12.3. The Labute approximate surface area is 116 Å². The third-order valence-corrected chi connectivity index (χ3v) is 3.58. The third-order valence-electron chi connectivity index (χ3n) is 3.58. The summed E-state index contributed by atoms with van der Waals surface area (Å²) >= 11 is 0. The average Bonchev–Trinajstić information content (AvgIpc) is 2.38. The maximum absolute atomic E-state index is 3.67. The van der Waals surface area contributed by atoms with Crippen molar-refractivity contribution in [1.82, 2.24) is 5.32 Å². The van der Waals surface area contributed by atoms with E-state index in [9.17, 15) is 0 Å². The Morgan fingerprint density at radius 2 is 1.16 bits per heavy atom. The van der Waals surface area contributed by atoms with Crippen molar-refractivity contribution >= 4 is 0 Å². The fourth-order valence-corrected chi connectivity index (χ4v) is 2.45. The number of aryl methyl sites for hydroxylation is 2. The lowest BCUT2D eigenvalue weighted by Crippen LogP contribution is -2.22. The van der Waals surface area contributed by atoms with E-state index in [1.807, 2.05) is 0 Å². The minimum Gasteiger partial charge on any atom is -0.304 e. The van der Waals surface area contributed by atoms with E-state index in [1.165, 1.54) is 22.3 Å². The topological polar surface area (TPSA) is 12.0 Å². The van der Waals surface area contributed by atoms with Gasteiger partial charge in [-0.2, -0.15) is 0 Å².